The van der Waals surface area contributed by atoms with Gasteiger partial charge < -0.3 is 10.1 Å². The van der Waals surface area contributed by atoms with Crippen LogP contribution in [0.5, 0.6) is 0 Å². The van der Waals surface area contributed by atoms with Gasteiger partial charge in [0, 0.05) is 37.3 Å². The molecule has 0 saturated carbocycles. The van der Waals surface area contributed by atoms with Crippen LogP contribution in [0, 0.1) is 6.07 Å². The van der Waals surface area contributed by atoms with Gasteiger partial charge in [0.2, 0.25) is 0 Å². The predicted molar refractivity (Wildman–Crippen MR) is 135 cm³/mol. The summed E-state index contributed by atoms with van der Waals surface area (Å²) in [7, 11) is 0. The summed E-state index contributed by atoms with van der Waals surface area (Å²) in [5.74, 6) is -0.0625. The number of aromatic nitrogens is 1. The second-order valence-electron chi connectivity index (χ2n) is 8.72. The van der Waals surface area contributed by atoms with E-state index in [1.807, 2.05) is 30.5 Å². The fourth-order valence-corrected chi connectivity index (χ4v) is 4.23. The fraction of sp³-hybridized carbons (Fsp3) is 0.214. The molecule has 2 heterocycles. The number of rotatable bonds is 3. The molecule has 0 bridgehead atoms. The monoisotopic (exact) mass is 635 g/mol. The zero-order valence-corrected chi connectivity index (χ0v) is 22.7. The fourth-order valence-electron chi connectivity index (χ4n) is 3.22. The van der Waals surface area contributed by atoms with Crippen LogP contribution >= 0.6 is 11.3 Å². The Morgan fingerprint density at radius 2 is 1.76 bits per heavy atom. The van der Waals surface area contributed by atoms with Crippen molar-refractivity contribution in [1.82, 2.24) is 4.98 Å². The topological polar surface area (TPSA) is 50.2 Å². The van der Waals surface area contributed by atoms with E-state index < -0.39 is 0 Å². The Labute approximate surface area is 213 Å². The summed E-state index contributed by atoms with van der Waals surface area (Å²) in [6, 6.07) is 24.6. The van der Waals surface area contributed by atoms with Gasteiger partial charge in [0.05, 0.1) is 10.5 Å². The number of thiophene rings is 1. The van der Waals surface area contributed by atoms with Crippen LogP contribution in [0.4, 0.5) is 0 Å². The molecule has 4 aromatic rings. The van der Waals surface area contributed by atoms with Gasteiger partial charge in [-0.25, -0.2) is 0 Å². The van der Waals surface area contributed by atoms with E-state index >= 15 is 0 Å². The first-order chi connectivity index (χ1) is 15.1. The van der Waals surface area contributed by atoms with Crippen LogP contribution in [0.2, 0.25) is 0 Å². The molecule has 0 aliphatic rings. The smallest absolute Gasteiger partial charge is 0.155 e. The molecule has 0 aliphatic heterocycles. The third kappa shape index (κ3) is 7.46. The van der Waals surface area contributed by atoms with E-state index in [1.54, 1.807) is 11.3 Å². The summed E-state index contributed by atoms with van der Waals surface area (Å²) in [4.78, 5) is 15.9. The summed E-state index contributed by atoms with van der Waals surface area (Å²) < 4.78 is 1.22. The first-order valence-corrected chi connectivity index (χ1v) is 11.3. The van der Waals surface area contributed by atoms with Crippen LogP contribution in [0.15, 0.2) is 78.7 Å². The van der Waals surface area contributed by atoms with Gasteiger partial charge in [-0.15, -0.1) is 47.2 Å². The quantitative estimate of drug-likeness (QED) is 0.142. The standard InChI is InChI=1S/C23H20NS.C5H8O2.Ir/c1-23(2,3)19-11-9-17(10-12-19)21-14-18-13-20(24-15-22(18)25-21)16-7-5-4-6-8-16;1-4(6)3-5(2)7;/h4-7,9-15H,1-3H3;3,6H,1-2H3;/q-1;;/b;4-3-;. The van der Waals surface area contributed by atoms with Gasteiger partial charge in [-0.2, -0.15) is 0 Å². The average molecular weight is 635 g/mol. The van der Waals surface area contributed by atoms with E-state index in [9.17, 15) is 4.79 Å². The summed E-state index contributed by atoms with van der Waals surface area (Å²) in [6.45, 7) is 9.58. The van der Waals surface area contributed by atoms with E-state index in [1.165, 1.54) is 46.0 Å². The van der Waals surface area contributed by atoms with Crippen molar-refractivity contribution in [3.05, 3.63) is 90.3 Å². The van der Waals surface area contributed by atoms with Crippen molar-refractivity contribution in [2.45, 2.75) is 40.0 Å². The van der Waals surface area contributed by atoms with Crippen LogP contribution in [-0.2, 0) is 30.3 Å². The van der Waals surface area contributed by atoms with Gasteiger partial charge in [0.1, 0.15) is 0 Å². The molecule has 2 aromatic heterocycles. The van der Waals surface area contributed by atoms with Crippen LogP contribution in [0.3, 0.4) is 0 Å². The molecule has 173 valence electrons. The van der Waals surface area contributed by atoms with E-state index in [0.29, 0.717) is 0 Å². The Kier molecular flexibility index (Phi) is 9.30. The van der Waals surface area contributed by atoms with Gasteiger partial charge >= 0.3 is 0 Å². The maximum atomic E-state index is 10.0. The van der Waals surface area contributed by atoms with Crippen LogP contribution < -0.4 is 0 Å². The first-order valence-electron chi connectivity index (χ1n) is 10.5. The number of pyridine rings is 1. The van der Waals surface area contributed by atoms with E-state index in [-0.39, 0.29) is 37.1 Å². The maximum absolute atomic E-state index is 10.0. The number of hydrogen-bond donors (Lipinski definition) is 1. The Morgan fingerprint density at radius 1 is 1.06 bits per heavy atom. The van der Waals surface area contributed by atoms with Gasteiger partial charge in [-0.1, -0.05) is 51.1 Å². The first kappa shape index (κ1) is 26.7. The number of benzene rings is 2. The number of carbonyl (C=O) groups is 1. The Morgan fingerprint density at radius 3 is 2.27 bits per heavy atom. The molecule has 1 radical (unpaired) electrons. The molecule has 0 unspecified atom stereocenters. The summed E-state index contributed by atoms with van der Waals surface area (Å²) in [5, 5.41) is 9.60. The molecule has 0 fully saturated rings. The van der Waals surface area contributed by atoms with E-state index in [2.05, 4.69) is 68.2 Å². The number of allylic oxidation sites excluding steroid dienone is 2. The van der Waals surface area contributed by atoms with Crippen molar-refractivity contribution in [1.29, 1.82) is 0 Å². The molecule has 33 heavy (non-hydrogen) atoms. The molecule has 0 aliphatic carbocycles. The van der Waals surface area contributed by atoms with Crippen molar-refractivity contribution in [3.8, 4) is 21.7 Å². The van der Waals surface area contributed by atoms with Gasteiger partial charge in [0.25, 0.3) is 0 Å². The Balaban J connectivity index is 0.000000423. The second-order valence-corrected chi connectivity index (χ2v) is 9.80. The third-order valence-corrected chi connectivity index (χ3v) is 5.97. The minimum absolute atomic E-state index is 0. The molecule has 0 saturated heterocycles. The van der Waals surface area contributed by atoms with Crippen molar-refractivity contribution >= 4 is 27.2 Å². The Bertz CT molecular complexity index is 1230. The zero-order chi connectivity index (χ0) is 23.3. The molecule has 2 aromatic carbocycles. The number of ketones is 1. The van der Waals surface area contributed by atoms with Crippen molar-refractivity contribution in [2.75, 3.05) is 0 Å². The minimum atomic E-state index is -0.125. The minimum Gasteiger partial charge on any atom is -0.512 e. The summed E-state index contributed by atoms with van der Waals surface area (Å²) >= 11 is 1.79. The number of carbonyl (C=O) groups excluding carboxylic acids is 1. The molecular formula is C28H28IrNO2S-. The van der Waals surface area contributed by atoms with Gasteiger partial charge in [-0.3, -0.25) is 4.79 Å². The average Bonchev–Trinajstić information content (AvgIpc) is 3.17. The number of aliphatic hydroxyl groups is 1. The molecule has 3 nitrogen and oxygen atoms in total. The third-order valence-electron chi connectivity index (χ3n) is 4.84. The van der Waals surface area contributed by atoms with Gasteiger partial charge in [0.15, 0.2) is 5.78 Å². The molecule has 1 N–H and O–H groups in total. The van der Waals surface area contributed by atoms with Crippen molar-refractivity contribution in [3.63, 3.8) is 0 Å². The molecule has 0 amide bonds. The normalized spacial score (nSPS) is 11.4. The van der Waals surface area contributed by atoms with Crippen LogP contribution in [-0.4, -0.2) is 15.9 Å². The van der Waals surface area contributed by atoms with Crippen LogP contribution in [0.25, 0.3) is 31.8 Å². The number of hydrogen-bond acceptors (Lipinski definition) is 4. The second kappa shape index (κ2) is 11.5. The van der Waals surface area contributed by atoms with Crippen LogP contribution in [0.1, 0.15) is 40.2 Å². The maximum Gasteiger partial charge on any atom is 0.155 e. The van der Waals surface area contributed by atoms with Crippen molar-refractivity contribution in [2.24, 2.45) is 0 Å². The molecule has 4 rings (SSSR count). The molecule has 0 spiro atoms. The van der Waals surface area contributed by atoms with E-state index in [0.717, 1.165) is 11.3 Å². The molecule has 0 atom stereocenters. The summed E-state index contributed by atoms with van der Waals surface area (Å²) in [5.41, 5.74) is 4.82. The zero-order valence-electron chi connectivity index (χ0n) is 19.5. The Hall–Kier alpha value is -2.59. The van der Waals surface area contributed by atoms with Gasteiger partial charge in [-0.05, 0) is 47.5 Å². The van der Waals surface area contributed by atoms with Crippen molar-refractivity contribution < 1.29 is 30.0 Å². The predicted octanol–water partition coefficient (Wildman–Crippen LogP) is 7.76. The van der Waals surface area contributed by atoms with E-state index in [4.69, 9.17) is 5.11 Å². The largest absolute Gasteiger partial charge is 0.512 e. The molecule has 5 heteroatoms. The summed E-state index contributed by atoms with van der Waals surface area (Å²) in [6.07, 6.45) is 3.14. The number of aliphatic hydroxyl groups excluding tert-OH is 1. The SMILES string of the molecule is CC(=O)/C=C(/C)O.CC(C)(C)c1ccc(-c2cc3cc(-c4[c-]cccc4)ncc3s2)cc1.[Ir]. The number of fused-ring (bicyclic) bond motifs is 1. The molecular weight excluding hydrogens is 607 g/mol. The number of nitrogens with zero attached hydrogens (tertiary/aromatic N) is 1.